The molecule has 0 heterocycles. The molecule has 17 heavy (non-hydrogen) atoms. The van der Waals surface area contributed by atoms with Gasteiger partial charge in [-0.3, -0.25) is 10.4 Å². The number of ether oxygens (including phenoxy) is 1. The Morgan fingerprint density at radius 3 is 2.65 bits per heavy atom. The number of hydrazine groups is 1. The summed E-state index contributed by atoms with van der Waals surface area (Å²) in [4.78, 5) is 4.14. The van der Waals surface area contributed by atoms with Crippen LogP contribution in [0, 0.1) is 0 Å². The Morgan fingerprint density at radius 1 is 1.53 bits per heavy atom. The van der Waals surface area contributed by atoms with Crippen molar-refractivity contribution in [3.8, 4) is 0 Å². The van der Waals surface area contributed by atoms with Gasteiger partial charge in [-0.2, -0.15) is 0 Å². The molecule has 0 spiro atoms. The van der Waals surface area contributed by atoms with Gasteiger partial charge in [-0.1, -0.05) is 0 Å². The molecular weight excluding hydrogens is 244 g/mol. The van der Waals surface area contributed by atoms with Crippen molar-refractivity contribution in [2.24, 2.45) is 10.8 Å². The molecule has 1 unspecified atom stereocenters. The third kappa shape index (κ3) is 10.0. The van der Waals surface area contributed by atoms with E-state index in [1.165, 1.54) is 6.26 Å². The van der Waals surface area contributed by atoms with Crippen LogP contribution in [0.2, 0.25) is 0 Å². The lowest BCUT2D eigenvalue weighted by atomic mass is 10.4. The summed E-state index contributed by atoms with van der Waals surface area (Å²) < 4.78 is 27.0. The average molecular weight is 266 g/mol. The largest absolute Gasteiger partial charge is 0.385 e. The fraction of sp³-hybridized carbons (Fsp3) is 0.889. The highest BCUT2D eigenvalue weighted by Crippen LogP contribution is 1.90. The van der Waals surface area contributed by atoms with Crippen LogP contribution in [0.4, 0.5) is 0 Å². The predicted molar refractivity (Wildman–Crippen MR) is 68.4 cm³/mol. The number of aliphatic imine (C=N–C) groups is 1. The Hall–Kier alpha value is -0.860. The third-order valence-electron chi connectivity index (χ3n) is 1.85. The molecule has 0 aromatic rings. The normalized spacial score (nSPS) is 14.5. The molecule has 0 amide bonds. The highest BCUT2D eigenvalue weighted by atomic mass is 32.2. The van der Waals surface area contributed by atoms with E-state index < -0.39 is 9.84 Å². The molecule has 4 N–H and O–H groups in total. The number of nitrogens with zero attached hydrogens (tertiary/aromatic N) is 1. The van der Waals surface area contributed by atoms with Gasteiger partial charge in [-0.15, -0.1) is 0 Å². The van der Waals surface area contributed by atoms with Crippen molar-refractivity contribution >= 4 is 15.8 Å². The van der Waals surface area contributed by atoms with Crippen LogP contribution in [0.3, 0.4) is 0 Å². The van der Waals surface area contributed by atoms with Crippen molar-refractivity contribution in [3.63, 3.8) is 0 Å². The molecular formula is C9H22N4O3S. The highest BCUT2D eigenvalue weighted by molar-refractivity contribution is 7.90. The zero-order valence-corrected chi connectivity index (χ0v) is 11.4. The van der Waals surface area contributed by atoms with Gasteiger partial charge in [0.15, 0.2) is 0 Å². The van der Waals surface area contributed by atoms with E-state index in [1.54, 1.807) is 14.0 Å². The van der Waals surface area contributed by atoms with Gasteiger partial charge in [0.05, 0.1) is 5.75 Å². The summed E-state index contributed by atoms with van der Waals surface area (Å²) in [5, 5.41) is 2.89. The first-order valence-electron chi connectivity index (χ1n) is 5.33. The number of guanidine groups is 1. The van der Waals surface area contributed by atoms with Gasteiger partial charge in [0, 0.05) is 32.6 Å². The van der Waals surface area contributed by atoms with Crippen molar-refractivity contribution in [2.45, 2.75) is 19.4 Å². The lowest BCUT2D eigenvalue weighted by Crippen LogP contribution is -2.47. The van der Waals surface area contributed by atoms with Crippen LogP contribution in [0.5, 0.6) is 0 Å². The molecule has 0 fully saturated rings. The smallest absolute Gasteiger partial charge is 0.205 e. The van der Waals surface area contributed by atoms with Crippen LogP contribution in [0.1, 0.15) is 13.3 Å². The monoisotopic (exact) mass is 266 g/mol. The quantitative estimate of drug-likeness (QED) is 0.177. The van der Waals surface area contributed by atoms with E-state index in [9.17, 15) is 8.42 Å². The second-order valence-corrected chi connectivity index (χ2v) is 6.04. The van der Waals surface area contributed by atoms with Gasteiger partial charge in [0.2, 0.25) is 5.96 Å². The summed E-state index contributed by atoms with van der Waals surface area (Å²) in [6.07, 6.45) is 1.97. The molecule has 0 saturated carbocycles. The fourth-order valence-corrected chi connectivity index (χ4v) is 2.25. The molecule has 7 nitrogen and oxygen atoms in total. The van der Waals surface area contributed by atoms with E-state index in [1.807, 2.05) is 0 Å². The Morgan fingerprint density at radius 2 is 2.18 bits per heavy atom. The zero-order chi connectivity index (χ0) is 13.3. The number of nitrogens with one attached hydrogen (secondary N) is 2. The number of sulfone groups is 1. The topological polar surface area (TPSA) is 106 Å². The molecule has 8 heteroatoms. The first-order valence-corrected chi connectivity index (χ1v) is 7.39. The highest BCUT2D eigenvalue weighted by Gasteiger charge is 2.11. The summed E-state index contributed by atoms with van der Waals surface area (Å²) in [5.41, 5.74) is 2.40. The van der Waals surface area contributed by atoms with Crippen molar-refractivity contribution < 1.29 is 13.2 Å². The van der Waals surface area contributed by atoms with Crippen LogP contribution in [-0.2, 0) is 14.6 Å². The maximum absolute atomic E-state index is 11.1. The molecule has 102 valence electrons. The van der Waals surface area contributed by atoms with E-state index >= 15 is 0 Å². The Bertz CT molecular complexity index is 329. The third-order valence-corrected chi connectivity index (χ3v) is 2.95. The molecule has 0 saturated heterocycles. The first kappa shape index (κ1) is 16.1. The van der Waals surface area contributed by atoms with E-state index in [4.69, 9.17) is 10.6 Å². The number of hydrogen-bond acceptors (Lipinski definition) is 5. The number of nitrogens with two attached hydrogens (primary N) is 1. The summed E-state index contributed by atoms with van der Waals surface area (Å²) in [6.45, 7) is 2.94. The zero-order valence-electron chi connectivity index (χ0n) is 10.6. The molecule has 0 aromatic heterocycles. The first-order chi connectivity index (χ1) is 7.89. The van der Waals surface area contributed by atoms with E-state index in [2.05, 4.69) is 15.7 Å². The van der Waals surface area contributed by atoms with Gasteiger partial charge in [-0.25, -0.2) is 14.3 Å². The molecule has 0 aliphatic rings. The number of methoxy groups -OCH3 is 1. The van der Waals surface area contributed by atoms with Crippen LogP contribution in [0.25, 0.3) is 0 Å². The van der Waals surface area contributed by atoms with Crippen molar-refractivity contribution in [3.05, 3.63) is 0 Å². The lowest BCUT2D eigenvalue weighted by molar-refractivity contribution is 0.197. The molecule has 0 aromatic carbocycles. The number of rotatable bonds is 7. The summed E-state index contributed by atoms with van der Waals surface area (Å²) in [5.74, 6) is 5.70. The Kier molecular flexibility index (Phi) is 7.85. The SMILES string of the molecule is COCCCN=C(NN)NC(C)CS(C)(=O)=O. The molecule has 0 bridgehead atoms. The predicted octanol–water partition coefficient (Wildman–Crippen LogP) is -1.14. The summed E-state index contributed by atoms with van der Waals surface area (Å²) in [7, 11) is -1.39. The van der Waals surface area contributed by atoms with Gasteiger partial charge in [0.25, 0.3) is 0 Å². The minimum atomic E-state index is -3.01. The van der Waals surface area contributed by atoms with Crippen LogP contribution in [-0.4, -0.2) is 52.7 Å². The van der Waals surface area contributed by atoms with E-state index in [-0.39, 0.29) is 11.8 Å². The summed E-state index contributed by atoms with van der Waals surface area (Å²) >= 11 is 0. The van der Waals surface area contributed by atoms with E-state index in [0.717, 1.165) is 6.42 Å². The minimum Gasteiger partial charge on any atom is -0.385 e. The molecule has 1 atom stereocenters. The molecule has 0 rings (SSSR count). The minimum absolute atomic E-state index is 0.0335. The molecule has 0 aliphatic heterocycles. The van der Waals surface area contributed by atoms with Crippen molar-refractivity contribution in [2.75, 3.05) is 32.3 Å². The van der Waals surface area contributed by atoms with Crippen LogP contribution in [0.15, 0.2) is 4.99 Å². The van der Waals surface area contributed by atoms with Crippen LogP contribution >= 0.6 is 0 Å². The van der Waals surface area contributed by atoms with Gasteiger partial charge < -0.3 is 10.1 Å². The summed E-state index contributed by atoms with van der Waals surface area (Å²) in [6, 6.07) is -0.248. The second kappa shape index (κ2) is 8.26. The standard InChI is InChI=1S/C9H22N4O3S/c1-8(7-17(3,14)15)12-9(13-10)11-5-4-6-16-2/h8H,4-7,10H2,1-3H3,(H2,11,12,13). The van der Waals surface area contributed by atoms with Gasteiger partial charge >= 0.3 is 0 Å². The molecule has 0 radical (unpaired) electrons. The lowest BCUT2D eigenvalue weighted by Gasteiger charge is -2.15. The maximum Gasteiger partial charge on any atom is 0.205 e. The van der Waals surface area contributed by atoms with E-state index in [0.29, 0.717) is 19.1 Å². The second-order valence-electron chi connectivity index (χ2n) is 3.86. The molecule has 0 aliphatic carbocycles. The van der Waals surface area contributed by atoms with Crippen molar-refractivity contribution in [1.29, 1.82) is 0 Å². The fourth-order valence-electron chi connectivity index (χ4n) is 1.26. The Labute approximate surface area is 103 Å². The average Bonchev–Trinajstić information content (AvgIpc) is 2.20. The Balaban J connectivity index is 4.11. The number of hydrogen-bond donors (Lipinski definition) is 3. The van der Waals surface area contributed by atoms with Gasteiger partial charge in [0.1, 0.15) is 9.84 Å². The van der Waals surface area contributed by atoms with Crippen LogP contribution < -0.4 is 16.6 Å². The van der Waals surface area contributed by atoms with Gasteiger partial charge in [-0.05, 0) is 13.3 Å². The maximum atomic E-state index is 11.1. The van der Waals surface area contributed by atoms with Crippen molar-refractivity contribution in [1.82, 2.24) is 10.7 Å².